The van der Waals surface area contributed by atoms with Crippen molar-refractivity contribution in [1.29, 1.82) is 0 Å². The third-order valence-electron chi connectivity index (χ3n) is 5.24. The van der Waals surface area contributed by atoms with Crippen LogP contribution < -0.4 is 10.1 Å². The van der Waals surface area contributed by atoms with E-state index in [9.17, 15) is 9.59 Å². The van der Waals surface area contributed by atoms with Crippen molar-refractivity contribution in [3.63, 3.8) is 0 Å². The lowest BCUT2D eigenvalue weighted by atomic mass is 9.87. The summed E-state index contributed by atoms with van der Waals surface area (Å²) in [4.78, 5) is 27.5. The molecule has 0 heterocycles. The topological polar surface area (TPSA) is 58.6 Å². The number of halogens is 3. The Morgan fingerprint density at radius 3 is 2.36 bits per heavy atom. The summed E-state index contributed by atoms with van der Waals surface area (Å²) in [5, 5.41) is 3.75. The number of hydrogen-bond donors (Lipinski definition) is 1. The molecule has 33 heavy (non-hydrogen) atoms. The quantitative estimate of drug-likeness (QED) is 0.389. The second kappa shape index (κ2) is 12.1. The zero-order valence-electron chi connectivity index (χ0n) is 19.7. The van der Waals surface area contributed by atoms with Crippen LogP contribution in [-0.4, -0.2) is 35.9 Å². The summed E-state index contributed by atoms with van der Waals surface area (Å²) in [6.07, 6.45) is 0.451. The van der Waals surface area contributed by atoms with Crippen molar-refractivity contribution in [3.8, 4) is 5.75 Å². The largest absolute Gasteiger partial charge is 0.483 e. The van der Waals surface area contributed by atoms with Gasteiger partial charge in [-0.1, -0.05) is 63.0 Å². The van der Waals surface area contributed by atoms with Crippen LogP contribution >= 0.6 is 39.1 Å². The minimum atomic E-state index is -0.653. The first-order valence-electron chi connectivity index (χ1n) is 10.9. The molecule has 0 aromatic heterocycles. The van der Waals surface area contributed by atoms with Crippen molar-refractivity contribution in [2.75, 3.05) is 13.2 Å². The number of benzene rings is 2. The Bertz CT molecular complexity index is 992. The summed E-state index contributed by atoms with van der Waals surface area (Å²) in [7, 11) is 0. The molecule has 0 aliphatic rings. The molecule has 0 saturated carbocycles. The second-order valence-electron chi connectivity index (χ2n) is 8.76. The van der Waals surface area contributed by atoms with Gasteiger partial charge in [-0.2, -0.15) is 0 Å². The highest BCUT2D eigenvalue weighted by atomic mass is 79.9. The van der Waals surface area contributed by atoms with Gasteiger partial charge in [-0.15, -0.1) is 0 Å². The Kier molecular flexibility index (Phi) is 10.1. The van der Waals surface area contributed by atoms with Gasteiger partial charge in [-0.25, -0.2) is 0 Å². The van der Waals surface area contributed by atoms with Crippen molar-refractivity contribution in [2.24, 2.45) is 0 Å². The minimum absolute atomic E-state index is 0.00744. The lowest BCUT2D eigenvalue weighted by molar-refractivity contribution is -0.142. The Morgan fingerprint density at radius 2 is 1.82 bits per heavy atom. The van der Waals surface area contributed by atoms with Gasteiger partial charge in [0.05, 0.1) is 4.47 Å². The summed E-state index contributed by atoms with van der Waals surface area (Å²) in [6, 6.07) is 10.3. The number of ether oxygens (including phenoxy) is 1. The Labute approximate surface area is 214 Å². The summed E-state index contributed by atoms with van der Waals surface area (Å²) >= 11 is 15.9. The molecule has 8 heteroatoms. The Morgan fingerprint density at radius 1 is 1.12 bits per heavy atom. The smallest absolute Gasteiger partial charge is 0.261 e. The summed E-state index contributed by atoms with van der Waals surface area (Å²) in [6.45, 7) is 10.5. The molecule has 0 fully saturated rings. The fourth-order valence-electron chi connectivity index (χ4n) is 3.35. The average molecular weight is 558 g/mol. The number of likely N-dealkylation sites (N-methyl/N-ethyl adjacent to an activating group) is 1. The number of carbonyl (C=O) groups is 2. The molecular weight excluding hydrogens is 527 g/mol. The SMILES string of the molecule is CCNC(=O)C(CC)N(Cc1ccc(Cl)cc1Cl)C(=O)COc1ccc(C(C)(C)C)cc1Br. The number of rotatable bonds is 9. The molecule has 0 saturated heterocycles. The molecule has 2 aromatic rings. The van der Waals surface area contributed by atoms with Crippen LogP contribution in [0.15, 0.2) is 40.9 Å². The van der Waals surface area contributed by atoms with Crippen molar-refractivity contribution in [3.05, 3.63) is 62.0 Å². The number of nitrogens with zero attached hydrogens (tertiary/aromatic N) is 1. The van der Waals surface area contributed by atoms with E-state index in [0.717, 1.165) is 10.0 Å². The van der Waals surface area contributed by atoms with Gasteiger partial charge in [0, 0.05) is 23.1 Å². The highest BCUT2D eigenvalue weighted by molar-refractivity contribution is 9.10. The maximum atomic E-state index is 13.3. The number of nitrogens with one attached hydrogen (secondary N) is 1. The molecule has 0 aliphatic heterocycles. The molecule has 0 aliphatic carbocycles. The van der Waals surface area contributed by atoms with Crippen LogP contribution in [0.2, 0.25) is 10.0 Å². The molecule has 1 unspecified atom stereocenters. The number of amides is 2. The molecule has 0 radical (unpaired) electrons. The van der Waals surface area contributed by atoms with Crippen molar-refractivity contribution >= 4 is 50.9 Å². The third-order valence-corrected chi connectivity index (χ3v) is 6.45. The van der Waals surface area contributed by atoms with Crippen LogP contribution in [0.25, 0.3) is 0 Å². The summed E-state index contributed by atoms with van der Waals surface area (Å²) < 4.78 is 6.61. The predicted octanol–water partition coefficient (Wildman–Crippen LogP) is 6.38. The minimum Gasteiger partial charge on any atom is -0.483 e. The van der Waals surface area contributed by atoms with E-state index in [1.807, 2.05) is 32.0 Å². The summed E-state index contributed by atoms with van der Waals surface area (Å²) in [5.41, 5.74) is 1.84. The first-order valence-corrected chi connectivity index (χ1v) is 12.5. The van der Waals surface area contributed by atoms with Crippen molar-refractivity contribution < 1.29 is 14.3 Å². The molecule has 5 nitrogen and oxygen atoms in total. The second-order valence-corrected chi connectivity index (χ2v) is 10.5. The van der Waals surface area contributed by atoms with E-state index >= 15 is 0 Å². The molecular formula is C25H31BrCl2N2O3. The first kappa shape index (κ1) is 27.5. The standard InChI is InChI=1S/C25H31BrCl2N2O3/c1-6-21(24(32)29-7-2)30(14-16-8-10-18(27)13-20(16)28)23(31)15-33-22-11-9-17(12-19(22)26)25(3,4)5/h8-13,21H,6-7,14-15H2,1-5H3,(H,29,32). The van der Waals surface area contributed by atoms with Crippen LogP contribution in [0.1, 0.15) is 52.2 Å². The van der Waals surface area contributed by atoms with Gasteiger partial charge >= 0.3 is 0 Å². The molecule has 2 rings (SSSR count). The van der Waals surface area contributed by atoms with Gasteiger partial charge in [0.15, 0.2) is 6.61 Å². The van der Waals surface area contributed by atoms with E-state index < -0.39 is 6.04 Å². The molecule has 0 spiro atoms. The zero-order chi connectivity index (χ0) is 24.8. The molecule has 180 valence electrons. The highest BCUT2D eigenvalue weighted by Crippen LogP contribution is 2.31. The fraction of sp³-hybridized carbons (Fsp3) is 0.440. The lowest BCUT2D eigenvalue weighted by Gasteiger charge is -2.31. The highest BCUT2D eigenvalue weighted by Gasteiger charge is 2.29. The van der Waals surface area contributed by atoms with E-state index in [1.165, 1.54) is 4.90 Å². The van der Waals surface area contributed by atoms with E-state index in [-0.39, 0.29) is 30.4 Å². The maximum Gasteiger partial charge on any atom is 0.261 e. The van der Waals surface area contributed by atoms with E-state index in [0.29, 0.717) is 34.3 Å². The molecule has 0 bridgehead atoms. The van der Waals surface area contributed by atoms with Crippen molar-refractivity contribution in [1.82, 2.24) is 10.2 Å². The van der Waals surface area contributed by atoms with Gasteiger partial charge < -0.3 is 15.0 Å². The number of hydrogen-bond acceptors (Lipinski definition) is 3. The van der Waals surface area contributed by atoms with E-state index in [2.05, 4.69) is 42.0 Å². The van der Waals surface area contributed by atoms with Crippen LogP contribution in [0.3, 0.4) is 0 Å². The third kappa shape index (κ3) is 7.62. The Balaban J connectivity index is 2.26. The van der Waals surface area contributed by atoms with Crippen LogP contribution in [-0.2, 0) is 21.5 Å². The first-order chi connectivity index (χ1) is 15.5. The normalized spacial score (nSPS) is 12.2. The van der Waals surface area contributed by atoms with Crippen LogP contribution in [0.5, 0.6) is 5.75 Å². The van der Waals surface area contributed by atoms with E-state index in [1.54, 1.807) is 18.2 Å². The van der Waals surface area contributed by atoms with Gasteiger partial charge in [0.1, 0.15) is 11.8 Å². The predicted molar refractivity (Wildman–Crippen MR) is 138 cm³/mol. The van der Waals surface area contributed by atoms with Crippen LogP contribution in [0.4, 0.5) is 0 Å². The monoisotopic (exact) mass is 556 g/mol. The fourth-order valence-corrected chi connectivity index (χ4v) is 4.31. The molecule has 1 atom stereocenters. The van der Waals surface area contributed by atoms with Gasteiger partial charge in [0.2, 0.25) is 5.91 Å². The zero-order valence-corrected chi connectivity index (χ0v) is 22.8. The lowest BCUT2D eigenvalue weighted by Crippen LogP contribution is -2.50. The van der Waals surface area contributed by atoms with Gasteiger partial charge in [-0.05, 0) is 70.1 Å². The van der Waals surface area contributed by atoms with E-state index in [4.69, 9.17) is 27.9 Å². The van der Waals surface area contributed by atoms with Gasteiger partial charge in [-0.3, -0.25) is 9.59 Å². The van der Waals surface area contributed by atoms with Gasteiger partial charge in [0.25, 0.3) is 5.91 Å². The Hall–Kier alpha value is -1.76. The maximum absolute atomic E-state index is 13.3. The molecule has 2 amide bonds. The summed E-state index contributed by atoms with van der Waals surface area (Å²) in [5.74, 6) is 0.0342. The van der Waals surface area contributed by atoms with Crippen LogP contribution in [0, 0.1) is 0 Å². The molecule has 2 aromatic carbocycles. The van der Waals surface area contributed by atoms with Crippen molar-refractivity contribution in [2.45, 2.75) is 59.0 Å². The average Bonchev–Trinajstić information content (AvgIpc) is 2.73. The molecule has 1 N–H and O–H groups in total. The number of carbonyl (C=O) groups excluding carboxylic acids is 2.